The van der Waals surface area contributed by atoms with E-state index in [2.05, 4.69) is 20.6 Å². The van der Waals surface area contributed by atoms with E-state index in [1.54, 1.807) is 23.4 Å². The van der Waals surface area contributed by atoms with Crippen LogP contribution in [0.25, 0.3) is 0 Å². The Morgan fingerprint density at radius 2 is 2.21 bits per heavy atom. The predicted molar refractivity (Wildman–Crippen MR) is 104 cm³/mol. The molecule has 1 saturated heterocycles. The van der Waals surface area contributed by atoms with Crippen LogP contribution >= 0.6 is 0 Å². The normalized spacial score (nSPS) is 18.5. The van der Waals surface area contributed by atoms with Crippen molar-refractivity contribution >= 4 is 23.3 Å². The van der Waals surface area contributed by atoms with Crippen LogP contribution in [0.2, 0.25) is 0 Å². The molecule has 1 atom stereocenters. The van der Waals surface area contributed by atoms with Gasteiger partial charge >= 0.3 is 0 Å². The van der Waals surface area contributed by atoms with Crippen molar-refractivity contribution in [3.63, 3.8) is 0 Å². The van der Waals surface area contributed by atoms with Crippen LogP contribution in [0.4, 0.5) is 11.5 Å². The third kappa shape index (κ3) is 4.12. The Bertz CT molecular complexity index is 852. The van der Waals surface area contributed by atoms with Gasteiger partial charge in [-0.3, -0.25) is 14.6 Å². The van der Waals surface area contributed by atoms with Crippen molar-refractivity contribution in [2.45, 2.75) is 25.4 Å². The van der Waals surface area contributed by atoms with Crippen LogP contribution in [0.5, 0.6) is 0 Å². The third-order valence-corrected chi connectivity index (χ3v) is 4.99. The Kier molecular flexibility index (Phi) is 5.48. The van der Waals surface area contributed by atoms with Crippen LogP contribution in [0.15, 0.2) is 36.8 Å². The van der Waals surface area contributed by atoms with E-state index in [1.807, 2.05) is 12.1 Å². The van der Waals surface area contributed by atoms with Crippen molar-refractivity contribution in [1.29, 1.82) is 0 Å². The van der Waals surface area contributed by atoms with Crippen LogP contribution in [0.1, 0.15) is 28.8 Å². The van der Waals surface area contributed by atoms with Crippen LogP contribution in [0.3, 0.4) is 0 Å². The van der Waals surface area contributed by atoms with Gasteiger partial charge in [-0.2, -0.15) is 0 Å². The van der Waals surface area contributed by atoms with Gasteiger partial charge < -0.3 is 20.3 Å². The smallest absolute Gasteiger partial charge is 0.252 e. The lowest BCUT2D eigenvalue weighted by atomic mass is 10.1. The number of carbonyl (C=O) groups excluding carboxylic acids is 2. The minimum absolute atomic E-state index is 0.0349. The van der Waals surface area contributed by atoms with Gasteiger partial charge in [0.1, 0.15) is 5.82 Å². The Hall–Kier alpha value is -3.00. The largest absolute Gasteiger partial charge is 0.376 e. The molecule has 2 aliphatic heterocycles. The molecule has 4 rings (SSSR count). The summed E-state index contributed by atoms with van der Waals surface area (Å²) in [6.45, 7) is 1.93. The zero-order chi connectivity index (χ0) is 19.3. The molecule has 0 aromatic carbocycles. The Morgan fingerprint density at radius 1 is 1.36 bits per heavy atom. The predicted octanol–water partition coefficient (Wildman–Crippen LogP) is 1.39. The van der Waals surface area contributed by atoms with Crippen molar-refractivity contribution in [1.82, 2.24) is 15.3 Å². The Labute approximate surface area is 163 Å². The highest BCUT2D eigenvalue weighted by atomic mass is 16.5. The summed E-state index contributed by atoms with van der Waals surface area (Å²) < 4.78 is 5.67. The molecule has 1 unspecified atom stereocenters. The molecule has 2 N–H and O–H groups in total. The number of ether oxygens (including phenoxy) is 1. The first-order valence-corrected chi connectivity index (χ1v) is 9.54. The summed E-state index contributed by atoms with van der Waals surface area (Å²) in [7, 11) is 0. The summed E-state index contributed by atoms with van der Waals surface area (Å²) in [5.41, 5.74) is 2.17. The molecule has 0 aliphatic carbocycles. The number of nitrogens with one attached hydrogen (secondary N) is 2. The molecule has 0 radical (unpaired) electrons. The second-order valence-electron chi connectivity index (χ2n) is 6.95. The van der Waals surface area contributed by atoms with Gasteiger partial charge in [-0.15, -0.1) is 0 Å². The maximum absolute atomic E-state index is 12.5. The fraction of sp³-hybridized carbons (Fsp3) is 0.400. The molecule has 0 spiro atoms. The standard InChI is InChI=1S/C20H23N5O3/c26-18-12-24-19-17(25(18)13-16-2-1-9-28-16)10-15(11-23-19)20(27)22-8-5-14-3-6-21-7-4-14/h3-4,6-7,10-11,16H,1-2,5,8-9,12-13H2,(H,22,27)(H,23,24). The van der Waals surface area contributed by atoms with Gasteiger partial charge in [-0.05, 0) is 43.0 Å². The summed E-state index contributed by atoms with van der Waals surface area (Å²) in [6.07, 6.45) is 7.71. The van der Waals surface area contributed by atoms with Crippen LogP contribution in [-0.4, -0.2) is 54.1 Å². The van der Waals surface area contributed by atoms with E-state index in [4.69, 9.17) is 4.74 Å². The lowest BCUT2D eigenvalue weighted by molar-refractivity contribution is -0.117. The van der Waals surface area contributed by atoms with Crippen LogP contribution in [-0.2, 0) is 16.0 Å². The summed E-state index contributed by atoms with van der Waals surface area (Å²) in [5, 5.41) is 5.92. The van der Waals surface area contributed by atoms with Crippen molar-refractivity contribution in [2.75, 3.05) is 36.5 Å². The monoisotopic (exact) mass is 381 g/mol. The van der Waals surface area contributed by atoms with Crippen molar-refractivity contribution in [2.24, 2.45) is 0 Å². The number of aromatic nitrogens is 2. The fourth-order valence-corrected chi connectivity index (χ4v) is 3.47. The van der Waals surface area contributed by atoms with E-state index in [1.165, 1.54) is 6.20 Å². The maximum atomic E-state index is 12.5. The molecule has 4 heterocycles. The molecule has 2 aliphatic rings. The van der Waals surface area contributed by atoms with Gasteiger partial charge in [-0.25, -0.2) is 4.98 Å². The third-order valence-electron chi connectivity index (χ3n) is 4.99. The molecule has 8 heteroatoms. The van der Waals surface area contributed by atoms with E-state index in [9.17, 15) is 9.59 Å². The number of pyridine rings is 2. The number of fused-ring (bicyclic) bond motifs is 1. The quantitative estimate of drug-likeness (QED) is 0.785. The fourth-order valence-electron chi connectivity index (χ4n) is 3.47. The highest BCUT2D eigenvalue weighted by Crippen LogP contribution is 2.29. The molecule has 2 aromatic heterocycles. The van der Waals surface area contributed by atoms with Gasteiger partial charge in [0.2, 0.25) is 5.91 Å². The topological polar surface area (TPSA) is 96.5 Å². The number of rotatable bonds is 6. The molecular weight excluding hydrogens is 358 g/mol. The average Bonchev–Trinajstić information content (AvgIpc) is 3.24. The van der Waals surface area contributed by atoms with E-state index in [0.717, 1.165) is 31.4 Å². The molecule has 2 amide bonds. The molecule has 0 bridgehead atoms. The summed E-state index contributed by atoms with van der Waals surface area (Å²) in [4.78, 5) is 35.0. The highest BCUT2D eigenvalue weighted by molar-refractivity contribution is 6.04. The zero-order valence-electron chi connectivity index (χ0n) is 15.6. The van der Waals surface area contributed by atoms with E-state index in [0.29, 0.717) is 30.2 Å². The molecule has 8 nitrogen and oxygen atoms in total. The van der Waals surface area contributed by atoms with Gasteiger partial charge in [0.05, 0.1) is 30.4 Å². The van der Waals surface area contributed by atoms with Crippen LogP contribution < -0.4 is 15.5 Å². The summed E-state index contributed by atoms with van der Waals surface area (Å²) in [5.74, 6) is 0.366. The van der Waals surface area contributed by atoms with Crippen LogP contribution in [0, 0.1) is 0 Å². The van der Waals surface area contributed by atoms with Gasteiger partial charge in [-0.1, -0.05) is 0 Å². The maximum Gasteiger partial charge on any atom is 0.252 e. The Morgan fingerprint density at radius 3 is 3.00 bits per heavy atom. The lowest BCUT2D eigenvalue weighted by Crippen LogP contribution is -2.44. The Balaban J connectivity index is 1.44. The number of amides is 2. The summed E-state index contributed by atoms with van der Waals surface area (Å²) >= 11 is 0. The van der Waals surface area contributed by atoms with Gasteiger partial charge in [0, 0.05) is 31.7 Å². The minimum Gasteiger partial charge on any atom is -0.376 e. The second-order valence-corrected chi connectivity index (χ2v) is 6.95. The zero-order valence-corrected chi connectivity index (χ0v) is 15.6. The van der Waals surface area contributed by atoms with E-state index < -0.39 is 0 Å². The minimum atomic E-state index is -0.209. The van der Waals surface area contributed by atoms with Crippen molar-refractivity contribution in [3.05, 3.63) is 47.9 Å². The lowest BCUT2D eigenvalue weighted by Gasteiger charge is -2.31. The first-order chi connectivity index (χ1) is 13.7. The first-order valence-electron chi connectivity index (χ1n) is 9.54. The number of carbonyl (C=O) groups is 2. The average molecular weight is 381 g/mol. The second kappa shape index (κ2) is 8.35. The number of hydrogen-bond acceptors (Lipinski definition) is 6. The molecule has 0 saturated carbocycles. The van der Waals surface area contributed by atoms with Gasteiger partial charge in [0.25, 0.3) is 5.91 Å². The van der Waals surface area contributed by atoms with E-state index in [-0.39, 0.29) is 24.5 Å². The summed E-state index contributed by atoms with van der Waals surface area (Å²) in [6, 6.07) is 5.57. The number of nitrogens with zero attached hydrogens (tertiary/aromatic N) is 3. The highest BCUT2D eigenvalue weighted by Gasteiger charge is 2.29. The van der Waals surface area contributed by atoms with Gasteiger partial charge in [0.15, 0.2) is 0 Å². The molecule has 146 valence electrons. The molecule has 2 aromatic rings. The molecular formula is C20H23N5O3. The first kappa shape index (κ1) is 18.4. The van der Waals surface area contributed by atoms with Crippen molar-refractivity contribution < 1.29 is 14.3 Å². The SMILES string of the molecule is O=C(NCCc1ccncc1)c1cnc2c(c1)N(CC1CCCO1)C(=O)CN2. The molecule has 1 fully saturated rings. The number of hydrogen-bond donors (Lipinski definition) is 2. The number of anilines is 2. The van der Waals surface area contributed by atoms with E-state index >= 15 is 0 Å². The molecule has 28 heavy (non-hydrogen) atoms. The van der Waals surface area contributed by atoms with Crippen molar-refractivity contribution in [3.8, 4) is 0 Å².